The number of amides is 1. The van der Waals surface area contributed by atoms with Crippen LogP contribution in [-0.2, 0) is 17.6 Å². The number of hydrogen-bond donors (Lipinski definition) is 1. The van der Waals surface area contributed by atoms with Crippen LogP contribution in [0.5, 0.6) is 5.75 Å². The van der Waals surface area contributed by atoms with Crippen molar-refractivity contribution in [2.45, 2.75) is 25.7 Å². The van der Waals surface area contributed by atoms with Crippen molar-refractivity contribution in [3.8, 4) is 5.75 Å². The average Bonchev–Trinajstić information content (AvgIpc) is 2.72. The number of methoxy groups -OCH3 is 1. The van der Waals surface area contributed by atoms with Gasteiger partial charge in [0.25, 0.3) is 0 Å². The van der Waals surface area contributed by atoms with Crippen LogP contribution >= 0.6 is 0 Å². The van der Waals surface area contributed by atoms with Gasteiger partial charge in [-0.25, -0.2) is 5.43 Å². The molecule has 4 nitrogen and oxygen atoms in total. The summed E-state index contributed by atoms with van der Waals surface area (Å²) in [6.07, 6.45) is 3.23. The van der Waals surface area contributed by atoms with E-state index in [9.17, 15) is 4.79 Å². The Morgan fingerprint density at radius 1 is 1.07 bits per heavy atom. The molecule has 0 radical (unpaired) electrons. The zero-order valence-electron chi connectivity index (χ0n) is 15.4. The Balaban J connectivity index is 1.53. The van der Waals surface area contributed by atoms with Crippen LogP contribution in [0, 0.1) is 0 Å². The fraction of sp³-hybridized carbons (Fsp3) is 0.217. The van der Waals surface area contributed by atoms with E-state index in [1.165, 1.54) is 5.56 Å². The summed E-state index contributed by atoms with van der Waals surface area (Å²) in [7, 11) is 1.66. The highest BCUT2D eigenvalue weighted by Gasteiger charge is 2.17. The lowest BCUT2D eigenvalue weighted by Crippen LogP contribution is -2.23. The molecule has 0 atom stereocenters. The molecule has 0 saturated carbocycles. The summed E-state index contributed by atoms with van der Waals surface area (Å²) in [5.74, 6) is 0.708. The molecular formula is C23H22N2O2. The zero-order chi connectivity index (χ0) is 18.6. The molecule has 0 saturated heterocycles. The van der Waals surface area contributed by atoms with E-state index in [4.69, 9.17) is 4.74 Å². The molecule has 0 aliphatic heterocycles. The Kier molecular flexibility index (Phi) is 4.88. The van der Waals surface area contributed by atoms with Gasteiger partial charge < -0.3 is 4.74 Å². The standard InChI is InChI=1S/C23H22N2O2/c1-27-19-13-12-17-8-5-11-22(21(17)15-19)24-25-23(26)14-18-9-4-7-16-6-2-3-10-20(16)18/h2-4,6-7,9-10,12-13,15H,5,8,11,14H2,1H3,(H,25,26)/b24-22-. The second kappa shape index (κ2) is 7.62. The lowest BCUT2D eigenvalue weighted by Gasteiger charge is -2.18. The number of nitrogens with one attached hydrogen (secondary N) is 1. The van der Waals surface area contributed by atoms with Gasteiger partial charge in [-0.3, -0.25) is 4.79 Å². The number of ether oxygens (including phenoxy) is 1. The highest BCUT2D eigenvalue weighted by atomic mass is 16.5. The first-order valence-corrected chi connectivity index (χ1v) is 9.24. The number of benzene rings is 3. The number of aryl methyl sites for hydroxylation is 1. The summed E-state index contributed by atoms with van der Waals surface area (Å²) in [6.45, 7) is 0. The number of fused-ring (bicyclic) bond motifs is 2. The fourth-order valence-corrected chi connectivity index (χ4v) is 3.66. The molecule has 1 amide bonds. The highest BCUT2D eigenvalue weighted by molar-refractivity contribution is 6.03. The molecule has 0 bridgehead atoms. The van der Waals surface area contributed by atoms with Crippen molar-refractivity contribution in [1.29, 1.82) is 0 Å². The first kappa shape index (κ1) is 17.3. The fourth-order valence-electron chi connectivity index (χ4n) is 3.66. The van der Waals surface area contributed by atoms with Crippen LogP contribution in [0.3, 0.4) is 0 Å². The van der Waals surface area contributed by atoms with Gasteiger partial charge in [-0.05, 0) is 53.3 Å². The van der Waals surface area contributed by atoms with Crippen molar-refractivity contribution in [2.24, 2.45) is 5.10 Å². The number of carbonyl (C=O) groups excluding carboxylic acids is 1. The average molecular weight is 358 g/mol. The highest BCUT2D eigenvalue weighted by Crippen LogP contribution is 2.26. The van der Waals surface area contributed by atoms with E-state index in [2.05, 4.69) is 28.7 Å². The maximum Gasteiger partial charge on any atom is 0.244 e. The number of hydrogen-bond acceptors (Lipinski definition) is 3. The number of rotatable bonds is 4. The van der Waals surface area contributed by atoms with Crippen LogP contribution in [0.2, 0.25) is 0 Å². The van der Waals surface area contributed by atoms with Gasteiger partial charge in [0.1, 0.15) is 5.75 Å². The summed E-state index contributed by atoms with van der Waals surface area (Å²) in [6, 6.07) is 20.2. The van der Waals surface area contributed by atoms with Gasteiger partial charge in [0.2, 0.25) is 5.91 Å². The molecule has 0 fully saturated rings. The summed E-state index contributed by atoms with van der Waals surface area (Å²) >= 11 is 0. The monoisotopic (exact) mass is 358 g/mol. The predicted octanol–water partition coefficient (Wildman–Crippen LogP) is 4.25. The van der Waals surface area contributed by atoms with E-state index in [-0.39, 0.29) is 5.91 Å². The second-order valence-corrected chi connectivity index (χ2v) is 6.79. The second-order valence-electron chi connectivity index (χ2n) is 6.79. The number of hydrazone groups is 1. The Morgan fingerprint density at radius 2 is 1.93 bits per heavy atom. The van der Waals surface area contributed by atoms with Crippen LogP contribution in [0.1, 0.15) is 29.5 Å². The van der Waals surface area contributed by atoms with Crippen molar-refractivity contribution in [3.63, 3.8) is 0 Å². The first-order chi connectivity index (χ1) is 13.2. The Bertz CT molecular complexity index is 1020. The quantitative estimate of drug-likeness (QED) is 0.709. The van der Waals surface area contributed by atoms with E-state index in [0.29, 0.717) is 6.42 Å². The molecular weight excluding hydrogens is 336 g/mol. The van der Waals surface area contributed by atoms with Gasteiger partial charge >= 0.3 is 0 Å². The maximum atomic E-state index is 12.5. The third-order valence-electron chi connectivity index (χ3n) is 5.03. The summed E-state index contributed by atoms with van der Waals surface area (Å²) < 4.78 is 5.33. The first-order valence-electron chi connectivity index (χ1n) is 9.24. The van der Waals surface area contributed by atoms with Gasteiger partial charge in [0, 0.05) is 5.56 Å². The maximum absolute atomic E-state index is 12.5. The molecule has 1 aliphatic rings. The van der Waals surface area contributed by atoms with Crippen LogP contribution in [-0.4, -0.2) is 18.7 Å². The molecule has 0 spiro atoms. The van der Waals surface area contributed by atoms with Gasteiger partial charge in [-0.15, -0.1) is 0 Å². The molecule has 4 rings (SSSR count). The minimum atomic E-state index is -0.103. The predicted molar refractivity (Wildman–Crippen MR) is 108 cm³/mol. The molecule has 1 aliphatic carbocycles. The molecule has 136 valence electrons. The minimum Gasteiger partial charge on any atom is -0.497 e. The third kappa shape index (κ3) is 3.70. The molecule has 1 N–H and O–H groups in total. The van der Waals surface area contributed by atoms with Gasteiger partial charge in [-0.2, -0.15) is 5.10 Å². The Labute approximate surface area is 158 Å². The largest absolute Gasteiger partial charge is 0.497 e. The van der Waals surface area contributed by atoms with E-state index in [1.807, 2.05) is 42.5 Å². The Hall–Kier alpha value is -3.14. The van der Waals surface area contributed by atoms with Crippen LogP contribution in [0.25, 0.3) is 10.8 Å². The zero-order valence-corrected chi connectivity index (χ0v) is 15.4. The molecule has 27 heavy (non-hydrogen) atoms. The van der Waals surface area contributed by atoms with Gasteiger partial charge in [-0.1, -0.05) is 48.5 Å². The molecule has 3 aromatic carbocycles. The van der Waals surface area contributed by atoms with E-state index < -0.39 is 0 Å². The lowest BCUT2D eigenvalue weighted by atomic mass is 9.90. The van der Waals surface area contributed by atoms with Crippen LogP contribution in [0.15, 0.2) is 65.8 Å². The SMILES string of the molecule is COc1ccc2c(c1)/C(=N\NC(=O)Cc1cccc3ccccc13)CCC2. The lowest BCUT2D eigenvalue weighted by molar-refractivity contribution is -0.120. The molecule has 0 unspecified atom stereocenters. The third-order valence-corrected chi connectivity index (χ3v) is 5.03. The topological polar surface area (TPSA) is 50.7 Å². The molecule has 4 heteroatoms. The molecule has 3 aromatic rings. The number of nitrogens with zero attached hydrogens (tertiary/aromatic N) is 1. The van der Waals surface area contributed by atoms with Crippen molar-refractivity contribution < 1.29 is 9.53 Å². The van der Waals surface area contributed by atoms with E-state index in [1.54, 1.807) is 7.11 Å². The van der Waals surface area contributed by atoms with Crippen molar-refractivity contribution in [3.05, 3.63) is 77.4 Å². The van der Waals surface area contributed by atoms with E-state index >= 15 is 0 Å². The van der Waals surface area contributed by atoms with Crippen LogP contribution in [0.4, 0.5) is 0 Å². The van der Waals surface area contributed by atoms with Crippen molar-refractivity contribution in [1.82, 2.24) is 5.43 Å². The van der Waals surface area contributed by atoms with Gasteiger partial charge in [0.15, 0.2) is 0 Å². The summed E-state index contributed by atoms with van der Waals surface area (Å²) in [4.78, 5) is 12.5. The Morgan fingerprint density at radius 3 is 2.81 bits per heavy atom. The van der Waals surface area contributed by atoms with Gasteiger partial charge in [0.05, 0.1) is 19.2 Å². The molecule has 0 heterocycles. The van der Waals surface area contributed by atoms with Crippen molar-refractivity contribution >= 4 is 22.4 Å². The molecule has 0 aromatic heterocycles. The van der Waals surface area contributed by atoms with E-state index in [0.717, 1.165) is 52.6 Å². The minimum absolute atomic E-state index is 0.103. The normalized spacial score (nSPS) is 14.8. The smallest absolute Gasteiger partial charge is 0.244 e. The summed E-state index contributed by atoms with van der Waals surface area (Å²) in [5.41, 5.74) is 7.01. The summed E-state index contributed by atoms with van der Waals surface area (Å²) in [5, 5.41) is 6.69. The van der Waals surface area contributed by atoms with Crippen molar-refractivity contribution in [2.75, 3.05) is 7.11 Å². The number of carbonyl (C=O) groups is 1. The van der Waals surface area contributed by atoms with Crippen LogP contribution < -0.4 is 10.2 Å².